The van der Waals surface area contributed by atoms with E-state index in [4.69, 9.17) is 4.74 Å². The first kappa shape index (κ1) is 22.9. The predicted octanol–water partition coefficient (Wildman–Crippen LogP) is 4.90. The Morgan fingerprint density at radius 3 is 2.70 bits per heavy atom. The number of anilines is 1. The Hall–Kier alpha value is -3.30. The van der Waals surface area contributed by atoms with E-state index in [9.17, 15) is 18.0 Å². The zero-order chi connectivity index (χ0) is 23.8. The molecule has 33 heavy (non-hydrogen) atoms. The molecule has 1 saturated carbocycles. The third-order valence-corrected chi connectivity index (χ3v) is 5.58. The quantitative estimate of drug-likeness (QED) is 0.518. The van der Waals surface area contributed by atoms with Crippen LogP contribution in [-0.4, -0.2) is 25.5 Å². The van der Waals surface area contributed by atoms with Crippen molar-refractivity contribution >= 4 is 11.6 Å². The van der Waals surface area contributed by atoms with Gasteiger partial charge in [0.15, 0.2) is 12.4 Å². The molecule has 1 unspecified atom stereocenters. The highest BCUT2D eigenvalue weighted by Gasteiger charge is 2.38. The minimum Gasteiger partial charge on any atom is -0.471 e. The molecule has 2 aromatic heterocycles. The molecule has 4 rings (SSSR count). The molecule has 0 saturated heterocycles. The van der Waals surface area contributed by atoms with E-state index in [2.05, 4.69) is 15.5 Å². The van der Waals surface area contributed by atoms with Gasteiger partial charge in [0.25, 0.3) is 0 Å². The second kappa shape index (κ2) is 8.92. The lowest BCUT2D eigenvalue weighted by Crippen LogP contribution is -2.25. The minimum absolute atomic E-state index is 0.0672. The van der Waals surface area contributed by atoms with Gasteiger partial charge < -0.3 is 10.1 Å². The second-order valence-corrected chi connectivity index (χ2v) is 8.61. The second-order valence-electron chi connectivity index (χ2n) is 8.61. The van der Waals surface area contributed by atoms with Gasteiger partial charge in [-0.1, -0.05) is 24.6 Å². The predicted molar refractivity (Wildman–Crippen MR) is 116 cm³/mol. The maximum absolute atomic E-state index is 13.1. The van der Waals surface area contributed by atoms with Crippen LogP contribution >= 0.6 is 0 Å². The van der Waals surface area contributed by atoms with Crippen LogP contribution in [0.2, 0.25) is 0 Å². The molecule has 7 nitrogen and oxygen atoms in total. The molecule has 1 aliphatic carbocycles. The van der Waals surface area contributed by atoms with Crippen molar-refractivity contribution < 1.29 is 22.7 Å². The number of nitrogens with zero attached hydrogens (tertiary/aromatic N) is 4. The highest BCUT2D eigenvalue weighted by Crippen LogP contribution is 2.42. The minimum atomic E-state index is -4.51. The fraction of sp³-hybridized carbons (Fsp3) is 0.435. The van der Waals surface area contributed by atoms with Crippen molar-refractivity contribution in [3.63, 3.8) is 0 Å². The molecule has 0 radical (unpaired) electrons. The molecule has 0 bridgehead atoms. The number of carbonyl (C=O) groups is 1. The number of hydrogen-bond donors (Lipinski definition) is 1. The molecule has 2 heterocycles. The third kappa shape index (κ3) is 5.55. The summed E-state index contributed by atoms with van der Waals surface area (Å²) in [4.78, 5) is 12.6. The van der Waals surface area contributed by atoms with E-state index in [0.29, 0.717) is 11.4 Å². The number of halogens is 3. The van der Waals surface area contributed by atoms with Gasteiger partial charge in [0, 0.05) is 11.6 Å². The molecule has 1 atom stereocenters. The molecule has 0 aliphatic heterocycles. The summed E-state index contributed by atoms with van der Waals surface area (Å²) in [5.41, 5.74) is 2.27. The molecule has 1 aromatic carbocycles. The SMILES string of the molecule is Cc1ccc(OCn2cc(NC(=O)C(C)Cn3nc(C(F)(F)F)cc3C3CC3)cn2)c(C)c1. The largest absolute Gasteiger partial charge is 0.471 e. The van der Waals surface area contributed by atoms with Crippen LogP contribution in [0.15, 0.2) is 36.7 Å². The number of benzene rings is 1. The van der Waals surface area contributed by atoms with Gasteiger partial charge in [-0.3, -0.25) is 9.48 Å². The molecule has 1 fully saturated rings. The van der Waals surface area contributed by atoms with Gasteiger partial charge in [-0.2, -0.15) is 23.4 Å². The summed E-state index contributed by atoms with van der Waals surface area (Å²) in [5, 5.41) is 10.7. The van der Waals surface area contributed by atoms with Gasteiger partial charge in [-0.15, -0.1) is 0 Å². The molecule has 176 valence electrons. The van der Waals surface area contributed by atoms with E-state index in [-0.39, 0.29) is 25.1 Å². The monoisotopic (exact) mass is 461 g/mol. The van der Waals surface area contributed by atoms with Crippen LogP contribution in [0.25, 0.3) is 0 Å². The number of alkyl halides is 3. The van der Waals surface area contributed by atoms with Crippen LogP contribution in [-0.2, 0) is 24.2 Å². The fourth-order valence-electron chi connectivity index (χ4n) is 3.63. The lowest BCUT2D eigenvalue weighted by molar-refractivity contribution is -0.141. The van der Waals surface area contributed by atoms with E-state index in [1.165, 1.54) is 10.9 Å². The van der Waals surface area contributed by atoms with E-state index in [0.717, 1.165) is 35.8 Å². The van der Waals surface area contributed by atoms with Gasteiger partial charge in [-0.05, 0) is 44.4 Å². The average molecular weight is 461 g/mol. The van der Waals surface area contributed by atoms with E-state index >= 15 is 0 Å². The van der Waals surface area contributed by atoms with Crippen LogP contribution in [0.3, 0.4) is 0 Å². The number of rotatable bonds is 8. The Bertz CT molecular complexity index is 1150. The van der Waals surface area contributed by atoms with Crippen LogP contribution < -0.4 is 10.1 Å². The Kier molecular flexibility index (Phi) is 6.18. The molecule has 3 aromatic rings. The van der Waals surface area contributed by atoms with Gasteiger partial charge in [-0.25, -0.2) is 4.68 Å². The summed E-state index contributed by atoms with van der Waals surface area (Å²) >= 11 is 0. The maximum atomic E-state index is 13.1. The first-order valence-corrected chi connectivity index (χ1v) is 10.8. The topological polar surface area (TPSA) is 74.0 Å². The first-order chi connectivity index (χ1) is 15.6. The number of amides is 1. The standard InChI is InChI=1S/C23H26F3N5O2/c1-14-4-7-20(15(2)8-14)33-13-30-12-18(10-27-30)28-22(32)16(3)11-31-19(17-5-6-17)9-21(29-31)23(24,25)26/h4,7-10,12,16-17H,5-6,11,13H2,1-3H3,(H,28,32). The number of nitrogens with one attached hydrogen (secondary N) is 1. The van der Waals surface area contributed by atoms with Crippen molar-refractivity contribution in [1.82, 2.24) is 19.6 Å². The number of aryl methyl sites for hydroxylation is 2. The van der Waals surface area contributed by atoms with Crippen LogP contribution in [0.1, 0.15) is 48.2 Å². The summed E-state index contributed by atoms with van der Waals surface area (Å²) in [7, 11) is 0. The van der Waals surface area contributed by atoms with Crippen LogP contribution in [0, 0.1) is 19.8 Å². The van der Waals surface area contributed by atoms with E-state index < -0.39 is 17.8 Å². The summed E-state index contributed by atoms with van der Waals surface area (Å²) < 4.78 is 47.9. The first-order valence-electron chi connectivity index (χ1n) is 10.8. The van der Waals surface area contributed by atoms with Crippen molar-refractivity contribution in [2.75, 3.05) is 5.32 Å². The van der Waals surface area contributed by atoms with Crippen molar-refractivity contribution in [3.05, 3.63) is 59.2 Å². The van der Waals surface area contributed by atoms with Gasteiger partial charge in [0.05, 0.1) is 30.5 Å². The van der Waals surface area contributed by atoms with Crippen molar-refractivity contribution in [1.29, 1.82) is 0 Å². The Morgan fingerprint density at radius 2 is 2.03 bits per heavy atom. The Morgan fingerprint density at radius 1 is 1.27 bits per heavy atom. The summed E-state index contributed by atoms with van der Waals surface area (Å²) in [6.45, 7) is 5.87. The highest BCUT2D eigenvalue weighted by molar-refractivity contribution is 5.91. The molecule has 0 spiro atoms. The number of aromatic nitrogens is 4. The number of carbonyl (C=O) groups excluding carboxylic acids is 1. The van der Waals surface area contributed by atoms with Crippen molar-refractivity contribution in [3.8, 4) is 5.75 Å². The van der Waals surface area contributed by atoms with Gasteiger partial charge >= 0.3 is 6.18 Å². The van der Waals surface area contributed by atoms with Crippen molar-refractivity contribution in [2.24, 2.45) is 5.92 Å². The molecule has 1 aliphatic rings. The average Bonchev–Trinajstić information content (AvgIpc) is 3.33. The van der Waals surface area contributed by atoms with E-state index in [1.807, 2.05) is 32.0 Å². The summed E-state index contributed by atoms with van der Waals surface area (Å²) in [6, 6.07) is 6.98. The lowest BCUT2D eigenvalue weighted by Gasteiger charge is -2.13. The summed E-state index contributed by atoms with van der Waals surface area (Å²) in [6.07, 6.45) is 0.314. The molecule has 1 amide bonds. The van der Waals surface area contributed by atoms with Crippen LogP contribution in [0.5, 0.6) is 5.75 Å². The molecule has 10 heteroatoms. The molecular weight excluding hydrogens is 435 g/mol. The lowest BCUT2D eigenvalue weighted by atomic mass is 10.1. The van der Waals surface area contributed by atoms with Crippen LogP contribution in [0.4, 0.5) is 18.9 Å². The van der Waals surface area contributed by atoms with Gasteiger partial charge in [0.1, 0.15) is 5.75 Å². The molecular formula is C23H26F3N5O2. The molecule has 1 N–H and O–H groups in total. The fourth-order valence-corrected chi connectivity index (χ4v) is 3.63. The number of hydrogen-bond acceptors (Lipinski definition) is 4. The normalized spacial score (nSPS) is 14.8. The van der Waals surface area contributed by atoms with Gasteiger partial charge in [0.2, 0.25) is 5.91 Å². The Balaban J connectivity index is 1.35. The number of ether oxygens (including phenoxy) is 1. The smallest absolute Gasteiger partial charge is 0.435 e. The highest BCUT2D eigenvalue weighted by atomic mass is 19.4. The summed E-state index contributed by atoms with van der Waals surface area (Å²) in [5.74, 6) is -0.0765. The van der Waals surface area contributed by atoms with Crippen molar-refractivity contribution in [2.45, 2.75) is 59.0 Å². The Labute approximate surface area is 189 Å². The zero-order valence-electron chi connectivity index (χ0n) is 18.7. The third-order valence-electron chi connectivity index (χ3n) is 5.58. The maximum Gasteiger partial charge on any atom is 0.435 e. The zero-order valence-corrected chi connectivity index (χ0v) is 18.7. The van der Waals surface area contributed by atoms with E-state index in [1.54, 1.807) is 17.8 Å².